The van der Waals surface area contributed by atoms with Crippen molar-refractivity contribution in [2.24, 2.45) is 5.73 Å². The van der Waals surface area contributed by atoms with E-state index in [9.17, 15) is 8.42 Å². The summed E-state index contributed by atoms with van der Waals surface area (Å²) in [6, 6.07) is 1.62. The Morgan fingerprint density at radius 3 is 2.88 bits per heavy atom. The molecule has 0 aliphatic carbocycles. The molecule has 1 aromatic rings. The second-order valence-corrected chi connectivity index (χ2v) is 6.24. The zero-order valence-electron chi connectivity index (χ0n) is 9.38. The summed E-state index contributed by atoms with van der Waals surface area (Å²) in [5, 5.41) is 2.91. The smallest absolute Gasteiger partial charge is 0.223 e. The molecule has 0 saturated carbocycles. The van der Waals surface area contributed by atoms with E-state index in [2.05, 4.69) is 15.3 Å². The number of thiocarbonyl (C=S) groups is 1. The quantitative estimate of drug-likeness (QED) is 0.554. The third-order valence-electron chi connectivity index (χ3n) is 1.88. The van der Waals surface area contributed by atoms with E-state index in [1.807, 2.05) is 0 Å². The first-order chi connectivity index (χ1) is 7.88. The third kappa shape index (κ3) is 5.55. The second kappa shape index (κ2) is 5.87. The molecule has 6 nitrogen and oxygen atoms in total. The van der Waals surface area contributed by atoms with Crippen LogP contribution in [0.3, 0.4) is 0 Å². The maximum atomic E-state index is 10.9. The van der Waals surface area contributed by atoms with Gasteiger partial charge in [-0.3, -0.25) is 0 Å². The molecule has 1 rings (SSSR count). The van der Waals surface area contributed by atoms with Gasteiger partial charge in [-0.1, -0.05) is 12.2 Å². The van der Waals surface area contributed by atoms with Crippen LogP contribution in [0.2, 0.25) is 0 Å². The van der Waals surface area contributed by atoms with E-state index >= 15 is 0 Å². The molecule has 0 atom stereocenters. The van der Waals surface area contributed by atoms with E-state index in [1.165, 1.54) is 6.26 Å². The van der Waals surface area contributed by atoms with Crippen molar-refractivity contribution >= 4 is 33.0 Å². The summed E-state index contributed by atoms with van der Waals surface area (Å²) in [6.07, 6.45) is 3.25. The molecule has 0 bridgehead atoms. The van der Waals surface area contributed by atoms with Crippen molar-refractivity contribution < 1.29 is 8.42 Å². The zero-order valence-corrected chi connectivity index (χ0v) is 11.0. The Balaban J connectivity index is 2.47. The maximum absolute atomic E-state index is 10.9. The van der Waals surface area contributed by atoms with Crippen LogP contribution in [-0.4, -0.2) is 41.9 Å². The van der Waals surface area contributed by atoms with E-state index in [-0.39, 0.29) is 10.7 Å². The van der Waals surface area contributed by atoms with E-state index in [0.29, 0.717) is 24.6 Å². The summed E-state index contributed by atoms with van der Waals surface area (Å²) in [5.74, 6) is 0.526. The van der Waals surface area contributed by atoms with Crippen molar-refractivity contribution in [3.63, 3.8) is 0 Å². The average Bonchev–Trinajstić information content (AvgIpc) is 2.23. The van der Waals surface area contributed by atoms with Crippen molar-refractivity contribution in [1.29, 1.82) is 0 Å². The van der Waals surface area contributed by atoms with Gasteiger partial charge >= 0.3 is 0 Å². The average molecular weight is 274 g/mol. The van der Waals surface area contributed by atoms with Gasteiger partial charge < -0.3 is 11.1 Å². The molecule has 17 heavy (non-hydrogen) atoms. The summed E-state index contributed by atoms with van der Waals surface area (Å²) < 4.78 is 21.8. The fraction of sp³-hybridized carbons (Fsp3) is 0.444. The first-order valence-corrected chi connectivity index (χ1v) is 7.40. The summed E-state index contributed by atoms with van der Waals surface area (Å²) >= 11 is 4.79. The van der Waals surface area contributed by atoms with Gasteiger partial charge in [0.15, 0.2) is 0 Å². The Hall–Kier alpha value is -1.28. The molecule has 94 valence electrons. The first-order valence-electron chi connectivity index (χ1n) is 4.93. The predicted molar refractivity (Wildman–Crippen MR) is 70.7 cm³/mol. The highest BCUT2D eigenvalue weighted by Gasteiger charge is 2.03. The molecular formula is C9H14N4O2S2. The van der Waals surface area contributed by atoms with Crippen molar-refractivity contribution in [3.8, 4) is 0 Å². The predicted octanol–water partition coefficient (Wildman–Crippen LogP) is -0.0426. The fourth-order valence-corrected chi connectivity index (χ4v) is 1.90. The Kier molecular flexibility index (Phi) is 4.76. The molecule has 0 saturated heterocycles. The van der Waals surface area contributed by atoms with Gasteiger partial charge in [0.05, 0.1) is 5.75 Å². The molecule has 1 heterocycles. The van der Waals surface area contributed by atoms with Crippen LogP contribution in [0.4, 0.5) is 5.95 Å². The Morgan fingerprint density at radius 1 is 1.59 bits per heavy atom. The van der Waals surface area contributed by atoms with Crippen LogP contribution >= 0.6 is 12.2 Å². The fourth-order valence-electron chi connectivity index (χ4n) is 1.12. The zero-order chi connectivity index (χ0) is 12.9. The summed E-state index contributed by atoms with van der Waals surface area (Å²) in [4.78, 5) is 8.24. The number of hydrogen-bond donors (Lipinski definition) is 2. The van der Waals surface area contributed by atoms with Crippen LogP contribution in [-0.2, 0) is 9.84 Å². The lowest BCUT2D eigenvalue weighted by Crippen LogP contribution is -2.15. The van der Waals surface area contributed by atoms with Crippen LogP contribution in [0.25, 0.3) is 0 Å². The first kappa shape index (κ1) is 13.8. The molecule has 0 unspecified atom stereocenters. The minimum absolute atomic E-state index is 0.134. The monoisotopic (exact) mass is 274 g/mol. The molecule has 0 aliphatic rings. The molecule has 3 N–H and O–H groups in total. The van der Waals surface area contributed by atoms with Crippen LogP contribution in [0, 0.1) is 0 Å². The normalized spacial score (nSPS) is 11.1. The van der Waals surface area contributed by atoms with Crippen molar-refractivity contribution in [1.82, 2.24) is 9.97 Å². The van der Waals surface area contributed by atoms with E-state index in [0.717, 1.165) is 0 Å². The molecule has 0 radical (unpaired) electrons. The van der Waals surface area contributed by atoms with Crippen LogP contribution in [0.1, 0.15) is 12.1 Å². The molecule has 0 fully saturated rings. The highest BCUT2D eigenvalue weighted by Crippen LogP contribution is 2.00. The minimum Gasteiger partial charge on any atom is -0.388 e. The van der Waals surface area contributed by atoms with Gasteiger partial charge in [0, 0.05) is 19.0 Å². The number of nitrogens with two attached hydrogens (primary N) is 1. The molecule has 0 spiro atoms. The molecular weight excluding hydrogens is 260 g/mol. The number of hydrogen-bond acceptors (Lipinski definition) is 6. The van der Waals surface area contributed by atoms with Gasteiger partial charge in [-0.25, -0.2) is 18.4 Å². The highest BCUT2D eigenvalue weighted by molar-refractivity contribution is 7.90. The van der Waals surface area contributed by atoms with E-state index in [1.54, 1.807) is 12.3 Å². The topological polar surface area (TPSA) is 98.0 Å². The molecule has 1 aromatic heterocycles. The Morgan fingerprint density at radius 2 is 2.29 bits per heavy atom. The van der Waals surface area contributed by atoms with Crippen molar-refractivity contribution in [3.05, 3.63) is 18.0 Å². The van der Waals surface area contributed by atoms with Gasteiger partial charge in [-0.05, 0) is 12.5 Å². The molecule has 0 aliphatic heterocycles. The van der Waals surface area contributed by atoms with Crippen molar-refractivity contribution in [2.45, 2.75) is 6.42 Å². The highest BCUT2D eigenvalue weighted by atomic mass is 32.2. The summed E-state index contributed by atoms with van der Waals surface area (Å²) in [5.41, 5.74) is 5.92. The number of anilines is 1. The van der Waals surface area contributed by atoms with Crippen molar-refractivity contribution in [2.75, 3.05) is 23.9 Å². The van der Waals surface area contributed by atoms with Crippen LogP contribution in [0.5, 0.6) is 0 Å². The minimum atomic E-state index is -2.92. The van der Waals surface area contributed by atoms with Crippen LogP contribution < -0.4 is 11.1 Å². The van der Waals surface area contributed by atoms with Crippen LogP contribution in [0.15, 0.2) is 12.3 Å². The largest absolute Gasteiger partial charge is 0.388 e. The number of nitrogens with one attached hydrogen (secondary N) is 1. The van der Waals surface area contributed by atoms with Gasteiger partial charge in [0.25, 0.3) is 0 Å². The van der Waals surface area contributed by atoms with Gasteiger partial charge in [-0.2, -0.15) is 0 Å². The molecule has 0 amide bonds. The summed E-state index contributed by atoms with van der Waals surface area (Å²) in [7, 11) is -2.92. The van der Waals surface area contributed by atoms with Gasteiger partial charge in [0.2, 0.25) is 5.95 Å². The van der Waals surface area contributed by atoms with Gasteiger partial charge in [0.1, 0.15) is 20.5 Å². The molecule has 8 heteroatoms. The second-order valence-electron chi connectivity index (χ2n) is 3.54. The lowest BCUT2D eigenvalue weighted by atomic mass is 10.4. The van der Waals surface area contributed by atoms with E-state index < -0.39 is 9.84 Å². The maximum Gasteiger partial charge on any atom is 0.223 e. The van der Waals surface area contributed by atoms with Gasteiger partial charge in [-0.15, -0.1) is 0 Å². The number of aromatic nitrogens is 2. The lowest BCUT2D eigenvalue weighted by Gasteiger charge is -2.05. The number of rotatable bonds is 6. The SMILES string of the molecule is CS(=O)(=O)CCCNc1nccc(C(N)=S)n1. The Bertz CT molecular complexity index is 501. The van der Waals surface area contributed by atoms with E-state index in [4.69, 9.17) is 18.0 Å². The Labute approximate surface area is 106 Å². The lowest BCUT2D eigenvalue weighted by molar-refractivity contribution is 0.600. The summed E-state index contributed by atoms with van der Waals surface area (Å²) in [6.45, 7) is 0.480. The number of nitrogens with zero attached hydrogens (tertiary/aromatic N) is 2. The molecule has 0 aromatic carbocycles. The number of sulfone groups is 1. The standard InChI is InChI=1S/C9H14N4O2S2/c1-17(14,15)6-2-4-11-9-12-5-3-7(13-9)8(10)16/h3,5H,2,4,6H2,1H3,(H2,10,16)(H,11,12,13). The third-order valence-corrected chi connectivity index (χ3v) is 3.12.